The van der Waals surface area contributed by atoms with Crippen molar-refractivity contribution in [1.29, 1.82) is 0 Å². The quantitative estimate of drug-likeness (QED) is 0.234. The van der Waals surface area contributed by atoms with Gasteiger partial charge in [0.1, 0.15) is 50.4 Å². The largest absolute Gasteiger partial charge is 0.456 e. The minimum atomic E-state index is 0.595. The number of nitrogens with zero attached hydrogens (tertiary/aromatic N) is 4. The highest BCUT2D eigenvalue weighted by Crippen LogP contribution is 2.40. The molecular formula is C51H37B5N4O. The van der Waals surface area contributed by atoms with Gasteiger partial charge in [-0.15, -0.1) is 16.4 Å². The third-order valence-electron chi connectivity index (χ3n) is 12.8. The number of hydrogen-bond acceptors (Lipinski definition) is 4. The van der Waals surface area contributed by atoms with Crippen LogP contribution >= 0.6 is 0 Å². The van der Waals surface area contributed by atoms with Gasteiger partial charge in [0.2, 0.25) is 0 Å². The molecule has 3 heterocycles. The van der Waals surface area contributed by atoms with E-state index in [4.69, 9.17) is 19.4 Å². The molecule has 0 aliphatic rings. The lowest BCUT2D eigenvalue weighted by Gasteiger charge is -2.20. The smallest absolute Gasteiger partial charge is 0.164 e. The van der Waals surface area contributed by atoms with Crippen molar-refractivity contribution in [2.75, 3.05) is 0 Å². The molecule has 0 aliphatic heterocycles. The first-order chi connectivity index (χ1) is 29.8. The van der Waals surface area contributed by atoms with Crippen LogP contribution in [0, 0.1) is 0 Å². The molecule has 0 aliphatic carbocycles. The van der Waals surface area contributed by atoms with E-state index in [9.17, 15) is 0 Å². The molecule has 0 saturated heterocycles. The first-order valence-corrected chi connectivity index (χ1v) is 20.9. The Bertz CT molecular complexity index is 3520. The Kier molecular flexibility index (Phi) is 8.71. The fraction of sp³-hybridized carbons (Fsp3) is 0. The van der Waals surface area contributed by atoms with Gasteiger partial charge in [0.05, 0.1) is 11.0 Å². The molecule has 0 fully saturated rings. The Morgan fingerprint density at radius 3 is 1.72 bits per heavy atom. The van der Waals surface area contributed by atoms with Crippen molar-refractivity contribution in [2.45, 2.75) is 0 Å². The average molecular weight is 776 g/mol. The highest BCUT2D eigenvalue weighted by molar-refractivity contribution is 6.68. The summed E-state index contributed by atoms with van der Waals surface area (Å²) in [4.78, 5) is 15.6. The summed E-state index contributed by atoms with van der Waals surface area (Å²) >= 11 is 0. The van der Waals surface area contributed by atoms with Crippen LogP contribution in [0.5, 0.6) is 0 Å². The van der Waals surface area contributed by atoms with Crippen molar-refractivity contribution in [2.24, 2.45) is 0 Å². The van der Waals surface area contributed by atoms with Crippen molar-refractivity contribution in [3.63, 3.8) is 0 Å². The predicted octanol–water partition coefficient (Wildman–Crippen LogP) is 4.50. The van der Waals surface area contributed by atoms with Gasteiger partial charge in [-0.05, 0) is 76.9 Å². The van der Waals surface area contributed by atoms with Crippen LogP contribution in [0.4, 0.5) is 0 Å². The van der Waals surface area contributed by atoms with E-state index in [0.29, 0.717) is 17.5 Å². The number of benzene rings is 8. The summed E-state index contributed by atoms with van der Waals surface area (Å²) in [5.41, 5.74) is 19.1. The van der Waals surface area contributed by atoms with Crippen LogP contribution in [0.3, 0.4) is 0 Å². The number of rotatable bonds is 6. The summed E-state index contributed by atoms with van der Waals surface area (Å²) in [5, 5.41) is 4.42. The first kappa shape index (κ1) is 36.8. The van der Waals surface area contributed by atoms with Gasteiger partial charge in [-0.3, -0.25) is 0 Å². The SMILES string of the molecule is Bc1c(B)c(B)c(-c2cccc(-c3nc(-c4ccccc4)nc(-c4cccc5oc6ccc(-c7ccc8c(c7)c7ccccc7n8-c7ccccc7)cc6c45)n3)c2)c(B)c1B. The molecule has 8 aromatic carbocycles. The zero-order valence-corrected chi connectivity index (χ0v) is 34.8. The first-order valence-electron chi connectivity index (χ1n) is 20.9. The molecule has 11 aromatic rings. The molecule has 0 N–H and O–H groups in total. The molecule has 61 heavy (non-hydrogen) atoms. The van der Waals surface area contributed by atoms with E-state index in [2.05, 4.69) is 177 Å². The second-order valence-corrected chi connectivity index (χ2v) is 16.2. The van der Waals surface area contributed by atoms with E-state index < -0.39 is 0 Å². The van der Waals surface area contributed by atoms with Gasteiger partial charge in [-0.2, -0.15) is 0 Å². The summed E-state index contributed by atoms with van der Waals surface area (Å²) in [6.45, 7) is 0. The molecule has 0 saturated carbocycles. The lowest BCUT2D eigenvalue weighted by atomic mass is 9.59. The number of hydrogen-bond donors (Lipinski definition) is 0. The van der Waals surface area contributed by atoms with Gasteiger partial charge < -0.3 is 8.98 Å². The topological polar surface area (TPSA) is 56.7 Å². The molecule has 3 aromatic heterocycles. The van der Waals surface area contributed by atoms with E-state index in [1.807, 2.05) is 30.3 Å². The second-order valence-electron chi connectivity index (χ2n) is 16.2. The van der Waals surface area contributed by atoms with Crippen molar-refractivity contribution in [3.8, 4) is 62.1 Å². The van der Waals surface area contributed by atoms with Crippen LogP contribution in [0.25, 0.3) is 106 Å². The molecule has 5 nitrogen and oxygen atoms in total. The van der Waals surface area contributed by atoms with Gasteiger partial charge in [0, 0.05) is 43.9 Å². The van der Waals surface area contributed by atoms with Gasteiger partial charge in [0.15, 0.2) is 17.5 Å². The standard InChI is InChI=1S/C51H37B5N4O/c52-44-42(45(53)47(55)48(56)46(44)54)31-13-9-14-32(25-31)50-57-49(28-11-3-1-4-12-28)58-51(59-50)35-18-10-20-41-43(35)37-27-30(22-24-40(37)61-41)29-21-23-39-36(26-29)34-17-7-8-19-38(34)60(39)33-15-5-2-6-16-33/h1-27H,52-56H2. The second kappa shape index (κ2) is 14.5. The zero-order valence-electron chi connectivity index (χ0n) is 34.8. The maximum atomic E-state index is 6.56. The van der Waals surface area contributed by atoms with Crippen molar-refractivity contribution >= 4 is 110 Å². The minimum absolute atomic E-state index is 0.595. The highest BCUT2D eigenvalue weighted by atomic mass is 16.3. The van der Waals surface area contributed by atoms with Gasteiger partial charge in [-0.1, -0.05) is 120 Å². The molecule has 0 radical (unpaired) electrons. The van der Waals surface area contributed by atoms with Crippen LogP contribution < -0.4 is 27.3 Å². The lowest BCUT2D eigenvalue weighted by molar-refractivity contribution is 0.669. The Balaban J connectivity index is 1.08. The predicted molar refractivity (Wildman–Crippen MR) is 270 cm³/mol. The monoisotopic (exact) mass is 776 g/mol. The fourth-order valence-electron chi connectivity index (χ4n) is 9.29. The summed E-state index contributed by atoms with van der Waals surface area (Å²) in [6, 6.07) is 57.5. The molecule has 0 unspecified atom stereocenters. The summed E-state index contributed by atoms with van der Waals surface area (Å²) < 4.78 is 8.91. The van der Waals surface area contributed by atoms with E-state index in [0.717, 1.165) is 61.0 Å². The number of aromatic nitrogens is 4. The maximum absolute atomic E-state index is 6.56. The zero-order chi connectivity index (χ0) is 41.4. The van der Waals surface area contributed by atoms with Gasteiger partial charge in [0.25, 0.3) is 0 Å². The van der Waals surface area contributed by atoms with Gasteiger partial charge in [-0.25, -0.2) is 15.0 Å². The molecule has 282 valence electrons. The summed E-state index contributed by atoms with van der Waals surface area (Å²) in [7, 11) is 11.1. The normalized spacial score (nSPS) is 11.6. The van der Waals surface area contributed by atoms with Crippen molar-refractivity contribution < 1.29 is 4.42 Å². The molecule has 11 rings (SSSR count). The number of furan rings is 1. The molecule has 0 atom stereocenters. The third kappa shape index (κ3) is 6.04. The van der Waals surface area contributed by atoms with Crippen LogP contribution in [-0.4, -0.2) is 58.8 Å². The maximum Gasteiger partial charge on any atom is 0.164 e. The van der Waals surface area contributed by atoms with Gasteiger partial charge >= 0.3 is 0 Å². The summed E-state index contributed by atoms with van der Waals surface area (Å²) in [5.74, 6) is 1.83. The van der Waals surface area contributed by atoms with E-state index in [1.54, 1.807) is 0 Å². The van der Waals surface area contributed by atoms with Crippen molar-refractivity contribution in [3.05, 3.63) is 164 Å². The molecule has 0 amide bonds. The Morgan fingerprint density at radius 2 is 0.951 bits per heavy atom. The lowest BCUT2D eigenvalue weighted by Crippen LogP contribution is -2.55. The highest BCUT2D eigenvalue weighted by Gasteiger charge is 2.20. The summed E-state index contributed by atoms with van der Waals surface area (Å²) in [6.07, 6.45) is 0. The van der Waals surface area contributed by atoms with Crippen molar-refractivity contribution in [1.82, 2.24) is 19.5 Å². The van der Waals surface area contributed by atoms with E-state index >= 15 is 0 Å². The van der Waals surface area contributed by atoms with Crippen LogP contribution in [-0.2, 0) is 0 Å². The molecule has 10 heteroatoms. The Labute approximate surface area is 358 Å². The Hall–Kier alpha value is -7.31. The van der Waals surface area contributed by atoms with E-state index in [-0.39, 0.29) is 0 Å². The van der Waals surface area contributed by atoms with Crippen LogP contribution in [0.15, 0.2) is 168 Å². The van der Waals surface area contributed by atoms with E-state index in [1.165, 1.54) is 54.7 Å². The Morgan fingerprint density at radius 1 is 0.377 bits per heavy atom. The van der Waals surface area contributed by atoms with Crippen LogP contribution in [0.1, 0.15) is 0 Å². The number of para-hydroxylation sites is 2. The average Bonchev–Trinajstić information content (AvgIpc) is 3.86. The molecule has 0 bridgehead atoms. The third-order valence-corrected chi connectivity index (χ3v) is 12.8. The molecule has 0 spiro atoms. The van der Waals surface area contributed by atoms with Crippen LogP contribution in [0.2, 0.25) is 0 Å². The minimum Gasteiger partial charge on any atom is -0.456 e. The molecular weight excluding hydrogens is 739 g/mol. The fourth-order valence-corrected chi connectivity index (χ4v) is 9.29. The number of fused-ring (bicyclic) bond motifs is 6.